The summed E-state index contributed by atoms with van der Waals surface area (Å²) in [6, 6.07) is 13.8. The van der Waals surface area contributed by atoms with Crippen molar-refractivity contribution in [1.29, 1.82) is 0 Å². The first-order valence-electron chi connectivity index (χ1n) is 16.8. The van der Waals surface area contributed by atoms with Gasteiger partial charge in [-0.25, -0.2) is 9.78 Å². The van der Waals surface area contributed by atoms with Gasteiger partial charge < -0.3 is 18.9 Å². The van der Waals surface area contributed by atoms with Crippen LogP contribution in [-0.2, 0) is 37.1 Å². The summed E-state index contributed by atoms with van der Waals surface area (Å²) in [6.07, 6.45) is -2.64. The number of nitro groups is 4. The van der Waals surface area contributed by atoms with Crippen molar-refractivity contribution in [2.24, 2.45) is 5.16 Å². The van der Waals surface area contributed by atoms with Crippen LogP contribution in [0.5, 0.6) is 0 Å². The number of fused-ring (bicyclic) bond motifs is 7. The van der Waals surface area contributed by atoms with Crippen molar-refractivity contribution in [2.75, 3.05) is 0 Å². The molecule has 2 atom stereocenters. The fourth-order valence-electron chi connectivity index (χ4n) is 6.93. The Balaban J connectivity index is 1.26. The predicted molar refractivity (Wildman–Crippen MR) is 195 cm³/mol. The first kappa shape index (κ1) is 37.3. The Bertz CT molecular complexity index is 2640. The fraction of sp³-hybridized carbons (Fsp3) is 0.194. The average molecular weight is 780 g/mol. The van der Waals surface area contributed by atoms with E-state index in [0.29, 0.717) is 29.0 Å². The summed E-state index contributed by atoms with van der Waals surface area (Å²) in [4.78, 5) is 92.7. The van der Waals surface area contributed by atoms with E-state index in [1.54, 1.807) is 13.0 Å². The van der Waals surface area contributed by atoms with Crippen molar-refractivity contribution in [1.82, 2.24) is 9.55 Å². The number of ether oxygens (including phenoxy) is 2. The molecule has 0 N–H and O–H groups in total. The zero-order chi connectivity index (χ0) is 40.9. The highest BCUT2D eigenvalue weighted by atomic mass is 16.7. The van der Waals surface area contributed by atoms with Gasteiger partial charge in [-0.1, -0.05) is 30.3 Å². The normalized spacial score (nSPS) is 13.1. The van der Waals surface area contributed by atoms with Crippen LogP contribution in [0.25, 0.3) is 33.4 Å². The molecule has 3 heterocycles. The monoisotopic (exact) mass is 779 g/mol. The molecule has 0 bridgehead atoms. The molecule has 288 valence electrons. The molecule has 0 spiro atoms. The number of nitrogens with zero attached hydrogens (tertiary/aromatic N) is 7. The van der Waals surface area contributed by atoms with Crippen LogP contribution < -0.4 is 5.56 Å². The van der Waals surface area contributed by atoms with Gasteiger partial charge in [0.1, 0.15) is 18.4 Å². The number of carbonyl (C=O) groups is 2. The van der Waals surface area contributed by atoms with Gasteiger partial charge in [0.2, 0.25) is 6.10 Å². The van der Waals surface area contributed by atoms with Gasteiger partial charge in [0, 0.05) is 39.8 Å². The molecule has 0 unspecified atom stereocenters. The van der Waals surface area contributed by atoms with Crippen molar-refractivity contribution in [3.8, 4) is 22.5 Å². The molecule has 1 aliphatic heterocycles. The lowest BCUT2D eigenvalue weighted by Gasteiger charge is -2.22. The number of rotatable bonds is 13. The lowest BCUT2D eigenvalue weighted by atomic mass is 10.00. The van der Waals surface area contributed by atoms with E-state index in [-0.39, 0.29) is 30.6 Å². The van der Waals surface area contributed by atoms with Gasteiger partial charge in [0.25, 0.3) is 34.8 Å². The number of para-hydroxylation sites is 1. The Morgan fingerprint density at radius 1 is 0.912 bits per heavy atom. The Morgan fingerprint density at radius 3 is 2.09 bits per heavy atom. The van der Waals surface area contributed by atoms with E-state index < -0.39 is 101 Å². The number of carbonyl (C=O) groups excluding carboxylic acids is 2. The summed E-state index contributed by atoms with van der Waals surface area (Å²) in [6.45, 7) is 2.75. The third kappa shape index (κ3) is 6.41. The number of pyridine rings is 2. The van der Waals surface area contributed by atoms with Crippen LogP contribution in [-0.4, -0.2) is 53.5 Å². The number of benzene rings is 3. The largest absolute Gasteiger partial charge is 0.463 e. The number of nitro benzene ring substituents is 4. The highest BCUT2D eigenvalue weighted by Gasteiger charge is 2.42. The molecule has 7 rings (SSSR count). The molecular formula is C36H25N7O14. The summed E-state index contributed by atoms with van der Waals surface area (Å²) < 4.78 is 12.2. The molecular weight excluding hydrogens is 754 g/mol. The van der Waals surface area contributed by atoms with Gasteiger partial charge in [0.15, 0.2) is 0 Å². The Hall–Kier alpha value is -7.97. The van der Waals surface area contributed by atoms with Crippen molar-refractivity contribution in [2.45, 2.75) is 45.6 Å². The minimum atomic E-state index is -1.61. The molecule has 57 heavy (non-hydrogen) atoms. The SMILES string of the molecule is CC[C@H](OC(=O)[C@@H](C)ON=C1c2cc([N+](=O)[O-])cc([N+](=O)[O-])c2-c2c1cc([N+](=O)[O-])cc2[N+](=O)[O-])c1cc2n(c(=O)c1COC=O)Cc1cc3ccccc3nc1-2. The standard InChI is InChI=1S/C36H25N7O14/c1-3-30(22-13-29-33-19(8-18-6-4-5-7-26(18)37-33)14-39(29)35(45)25(22)15-55-16-44)56-36(46)17(2)57-38-34-23-9-20(40(47)48)11-27(42(51)52)31(23)32-24(34)10-21(41(49)50)12-28(32)43(53)54/h4-13,16-17,30H,3,14-15H2,1-2H3/t17-,30+/m1/s1. The van der Waals surface area contributed by atoms with Crippen molar-refractivity contribution in [3.05, 3.63) is 139 Å². The number of oxime groups is 1. The van der Waals surface area contributed by atoms with Crippen molar-refractivity contribution < 1.29 is 43.6 Å². The Labute approximate surface area is 317 Å². The van der Waals surface area contributed by atoms with Crippen LogP contribution in [0, 0.1) is 40.5 Å². The van der Waals surface area contributed by atoms with Crippen LogP contribution in [0.1, 0.15) is 54.2 Å². The van der Waals surface area contributed by atoms with Gasteiger partial charge in [-0.15, -0.1) is 0 Å². The quantitative estimate of drug-likeness (QED) is 0.0599. The van der Waals surface area contributed by atoms with Crippen LogP contribution in [0.2, 0.25) is 0 Å². The molecule has 0 radical (unpaired) electrons. The third-order valence-corrected chi connectivity index (χ3v) is 9.49. The van der Waals surface area contributed by atoms with Crippen LogP contribution in [0.3, 0.4) is 0 Å². The van der Waals surface area contributed by atoms with Crippen molar-refractivity contribution in [3.63, 3.8) is 0 Å². The van der Waals surface area contributed by atoms with Gasteiger partial charge in [-0.05, 0) is 31.5 Å². The average Bonchev–Trinajstić information content (AvgIpc) is 3.71. The third-order valence-electron chi connectivity index (χ3n) is 9.49. The molecule has 0 fully saturated rings. The van der Waals surface area contributed by atoms with Gasteiger partial charge in [-0.2, -0.15) is 0 Å². The molecule has 3 aromatic carbocycles. The van der Waals surface area contributed by atoms with E-state index in [1.165, 1.54) is 11.5 Å². The van der Waals surface area contributed by atoms with E-state index >= 15 is 0 Å². The van der Waals surface area contributed by atoms with E-state index in [0.717, 1.165) is 23.1 Å². The number of hydrogen-bond donors (Lipinski definition) is 0. The van der Waals surface area contributed by atoms with Crippen LogP contribution in [0.4, 0.5) is 22.7 Å². The van der Waals surface area contributed by atoms with E-state index in [4.69, 9.17) is 19.3 Å². The smallest absolute Gasteiger partial charge is 0.350 e. The second-order valence-corrected chi connectivity index (χ2v) is 12.8. The van der Waals surface area contributed by atoms with E-state index in [1.807, 2.05) is 30.3 Å². The fourth-order valence-corrected chi connectivity index (χ4v) is 6.93. The summed E-state index contributed by atoms with van der Waals surface area (Å²) in [5.74, 6) is -1.06. The van der Waals surface area contributed by atoms with Crippen LogP contribution >= 0.6 is 0 Å². The first-order valence-corrected chi connectivity index (χ1v) is 16.8. The van der Waals surface area contributed by atoms with Crippen molar-refractivity contribution >= 4 is 51.8 Å². The molecule has 2 aliphatic rings. The number of esters is 1. The van der Waals surface area contributed by atoms with E-state index in [2.05, 4.69) is 5.16 Å². The zero-order valence-electron chi connectivity index (χ0n) is 29.5. The number of hydrogen-bond acceptors (Lipinski definition) is 16. The lowest BCUT2D eigenvalue weighted by Crippen LogP contribution is -2.29. The second-order valence-electron chi connectivity index (χ2n) is 12.8. The summed E-state index contributed by atoms with van der Waals surface area (Å²) in [5, 5.41) is 52.5. The molecule has 0 saturated carbocycles. The maximum Gasteiger partial charge on any atom is 0.350 e. The maximum atomic E-state index is 13.9. The highest BCUT2D eigenvalue weighted by molar-refractivity contribution is 6.27. The van der Waals surface area contributed by atoms with Gasteiger partial charge >= 0.3 is 5.97 Å². The highest BCUT2D eigenvalue weighted by Crippen LogP contribution is 2.50. The first-order chi connectivity index (χ1) is 27.2. The zero-order valence-corrected chi connectivity index (χ0v) is 29.5. The molecule has 2 aromatic heterocycles. The number of aromatic nitrogens is 2. The molecule has 5 aromatic rings. The molecule has 1 aliphatic carbocycles. The second kappa shape index (κ2) is 14.4. The predicted octanol–water partition coefficient (Wildman–Crippen LogP) is 5.56. The summed E-state index contributed by atoms with van der Waals surface area (Å²) in [7, 11) is 0. The minimum absolute atomic E-state index is 0.0298. The van der Waals surface area contributed by atoms with Gasteiger partial charge in [0.05, 0.1) is 72.0 Å². The maximum absolute atomic E-state index is 13.9. The van der Waals surface area contributed by atoms with E-state index in [9.17, 15) is 54.8 Å². The van der Waals surface area contributed by atoms with Gasteiger partial charge in [-0.3, -0.25) is 50.0 Å². The Kier molecular flexibility index (Phi) is 9.41. The molecule has 0 saturated heterocycles. The number of non-ortho nitro benzene ring substituents is 2. The molecule has 21 nitrogen and oxygen atoms in total. The van der Waals surface area contributed by atoms with Crippen LogP contribution in [0.15, 0.2) is 70.6 Å². The molecule has 21 heteroatoms. The molecule has 0 amide bonds. The summed E-state index contributed by atoms with van der Waals surface area (Å²) >= 11 is 0. The minimum Gasteiger partial charge on any atom is -0.463 e. The Morgan fingerprint density at radius 2 is 1.53 bits per heavy atom. The summed E-state index contributed by atoms with van der Waals surface area (Å²) in [5.41, 5.74) is -3.61. The topological polar surface area (TPSA) is 282 Å². The lowest BCUT2D eigenvalue weighted by molar-refractivity contribution is -0.395.